The van der Waals surface area contributed by atoms with Crippen molar-refractivity contribution in [3.8, 4) is 0 Å². The summed E-state index contributed by atoms with van der Waals surface area (Å²) in [6, 6.07) is 5.41. The van der Waals surface area contributed by atoms with Crippen LogP contribution in [0.25, 0.3) is 0 Å². The third-order valence-corrected chi connectivity index (χ3v) is 3.78. The lowest BCUT2D eigenvalue weighted by molar-refractivity contribution is -0.385. The van der Waals surface area contributed by atoms with E-state index in [4.69, 9.17) is 0 Å². The number of nitrogens with one attached hydrogen (secondary N) is 1. The number of nitro groups is 1. The minimum Gasteiger partial charge on any atom is -0.305 e. The van der Waals surface area contributed by atoms with Crippen molar-refractivity contribution in [1.29, 1.82) is 0 Å². The molecule has 2 aromatic rings. The second kappa shape index (κ2) is 5.90. The zero-order valence-electron chi connectivity index (χ0n) is 10.8. The standard InChI is InChI=1S/C13H15N3O2S/c1-9-3-4-11(5-13(9)16(17)18)10(2)15-7-12-6-14-8-19-12/h3-6,8,10,15H,7H2,1-2H3. The van der Waals surface area contributed by atoms with Crippen LogP contribution in [0.1, 0.15) is 29.0 Å². The van der Waals surface area contributed by atoms with Gasteiger partial charge in [0.25, 0.3) is 5.69 Å². The van der Waals surface area contributed by atoms with E-state index in [9.17, 15) is 10.1 Å². The lowest BCUT2D eigenvalue weighted by Gasteiger charge is -2.13. The Morgan fingerprint density at radius 3 is 2.95 bits per heavy atom. The Morgan fingerprint density at radius 2 is 2.32 bits per heavy atom. The molecule has 6 heteroatoms. The molecular weight excluding hydrogens is 262 g/mol. The van der Waals surface area contributed by atoms with Gasteiger partial charge in [0.15, 0.2) is 0 Å². The lowest BCUT2D eigenvalue weighted by atomic mass is 10.0. The average molecular weight is 277 g/mol. The van der Waals surface area contributed by atoms with Gasteiger partial charge >= 0.3 is 0 Å². The molecule has 1 N–H and O–H groups in total. The Morgan fingerprint density at radius 1 is 1.53 bits per heavy atom. The van der Waals surface area contributed by atoms with E-state index in [0.29, 0.717) is 12.1 Å². The minimum absolute atomic E-state index is 0.0569. The second-order valence-electron chi connectivity index (χ2n) is 4.37. The topological polar surface area (TPSA) is 68.1 Å². The Labute approximate surface area is 115 Å². The molecule has 1 atom stereocenters. The van der Waals surface area contributed by atoms with Gasteiger partial charge in [0.2, 0.25) is 0 Å². The first kappa shape index (κ1) is 13.6. The van der Waals surface area contributed by atoms with E-state index in [0.717, 1.165) is 10.4 Å². The van der Waals surface area contributed by atoms with Crippen LogP contribution in [0.3, 0.4) is 0 Å². The summed E-state index contributed by atoms with van der Waals surface area (Å²) in [5.74, 6) is 0. The molecule has 1 aromatic carbocycles. The molecule has 1 aromatic heterocycles. The van der Waals surface area contributed by atoms with Gasteiger partial charge in [0.05, 0.1) is 10.4 Å². The van der Waals surface area contributed by atoms with E-state index in [1.165, 1.54) is 0 Å². The van der Waals surface area contributed by atoms with Crippen molar-refractivity contribution >= 4 is 17.0 Å². The van der Waals surface area contributed by atoms with Crippen molar-refractivity contribution in [2.75, 3.05) is 0 Å². The number of rotatable bonds is 5. The Kier molecular flexibility index (Phi) is 4.24. The molecule has 19 heavy (non-hydrogen) atoms. The van der Waals surface area contributed by atoms with Crippen molar-refractivity contribution in [2.45, 2.75) is 26.4 Å². The summed E-state index contributed by atoms with van der Waals surface area (Å²) in [6.07, 6.45) is 1.82. The number of thiazole rings is 1. The predicted octanol–water partition coefficient (Wildman–Crippen LogP) is 3.21. The van der Waals surface area contributed by atoms with Gasteiger partial charge in [-0.1, -0.05) is 12.1 Å². The Bertz CT molecular complexity index is 569. The first-order valence-electron chi connectivity index (χ1n) is 5.93. The summed E-state index contributed by atoms with van der Waals surface area (Å²) in [7, 11) is 0. The monoisotopic (exact) mass is 277 g/mol. The van der Waals surface area contributed by atoms with Crippen LogP contribution in [0.15, 0.2) is 29.9 Å². The summed E-state index contributed by atoms with van der Waals surface area (Å²) in [5.41, 5.74) is 3.56. The molecule has 2 rings (SSSR count). The molecule has 0 amide bonds. The van der Waals surface area contributed by atoms with Gasteiger partial charge in [-0.05, 0) is 19.4 Å². The number of nitro benzene ring substituents is 1. The minimum atomic E-state index is -0.339. The Balaban J connectivity index is 2.08. The highest BCUT2D eigenvalue weighted by atomic mass is 32.1. The second-order valence-corrected chi connectivity index (χ2v) is 5.34. The quantitative estimate of drug-likeness (QED) is 0.673. The molecular formula is C13H15N3O2S. The highest BCUT2D eigenvalue weighted by Crippen LogP contribution is 2.23. The van der Waals surface area contributed by atoms with E-state index >= 15 is 0 Å². The van der Waals surface area contributed by atoms with Crippen LogP contribution >= 0.6 is 11.3 Å². The average Bonchev–Trinajstić information content (AvgIpc) is 2.89. The van der Waals surface area contributed by atoms with Crippen molar-refractivity contribution in [3.63, 3.8) is 0 Å². The van der Waals surface area contributed by atoms with Gasteiger partial charge in [-0.25, -0.2) is 0 Å². The van der Waals surface area contributed by atoms with Gasteiger partial charge in [-0.3, -0.25) is 15.1 Å². The van der Waals surface area contributed by atoms with Gasteiger partial charge in [-0.2, -0.15) is 0 Å². The van der Waals surface area contributed by atoms with Crippen LogP contribution in [-0.4, -0.2) is 9.91 Å². The van der Waals surface area contributed by atoms with E-state index in [1.807, 2.05) is 19.2 Å². The largest absolute Gasteiger partial charge is 0.305 e. The number of nitrogens with zero attached hydrogens (tertiary/aromatic N) is 2. The molecule has 1 unspecified atom stereocenters. The van der Waals surface area contributed by atoms with Crippen LogP contribution in [0.5, 0.6) is 0 Å². The van der Waals surface area contributed by atoms with Crippen molar-refractivity contribution in [3.05, 3.63) is 56.0 Å². The molecule has 0 spiro atoms. The van der Waals surface area contributed by atoms with Crippen LogP contribution in [0, 0.1) is 17.0 Å². The fourth-order valence-electron chi connectivity index (χ4n) is 1.79. The number of hydrogen-bond donors (Lipinski definition) is 1. The fraction of sp³-hybridized carbons (Fsp3) is 0.308. The first-order valence-corrected chi connectivity index (χ1v) is 6.81. The molecule has 100 valence electrons. The molecule has 0 fully saturated rings. The predicted molar refractivity (Wildman–Crippen MR) is 75.2 cm³/mol. The summed E-state index contributed by atoms with van der Waals surface area (Å²) < 4.78 is 0. The van der Waals surface area contributed by atoms with Gasteiger partial charge < -0.3 is 5.32 Å². The van der Waals surface area contributed by atoms with E-state index < -0.39 is 0 Å². The third-order valence-electron chi connectivity index (χ3n) is 3.00. The number of benzene rings is 1. The number of hydrogen-bond acceptors (Lipinski definition) is 5. The molecule has 0 aliphatic carbocycles. The van der Waals surface area contributed by atoms with E-state index in [-0.39, 0.29) is 16.7 Å². The third kappa shape index (κ3) is 3.36. The number of aryl methyl sites for hydroxylation is 1. The maximum Gasteiger partial charge on any atom is 0.272 e. The van der Waals surface area contributed by atoms with Crippen LogP contribution in [0.4, 0.5) is 5.69 Å². The van der Waals surface area contributed by atoms with Crippen LogP contribution in [0.2, 0.25) is 0 Å². The summed E-state index contributed by atoms with van der Waals surface area (Å²) >= 11 is 1.59. The van der Waals surface area contributed by atoms with Crippen molar-refractivity contribution < 1.29 is 4.92 Å². The molecule has 0 radical (unpaired) electrons. The maximum absolute atomic E-state index is 10.9. The molecule has 1 heterocycles. The molecule has 0 saturated carbocycles. The van der Waals surface area contributed by atoms with Gasteiger partial charge in [-0.15, -0.1) is 11.3 Å². The van der Waals surface area contributed by atoms with E-state index in [2.05, 4.69) is 10.3 Å². The lowest BCUT2D eigenvalue weighted by Crippen LogP contribution is -2.17. The first-order chi connectivity index (χ1) is 9.08. The van der Waals surface area contributed by atoms with Crippen LogP contribution in [-0.2, 0) is 6.54 Å². The summed E-state index contributed by atoms with van der Waals surface area (Å²) in [5, 5.41) is 14.3. The smallest absolute Gasteiger partial charge is 0.272 e. The van der Waals surface area contributed by atoms with Gasteiger partial charge in [0, 0.05) is 35.3 Å². The number of aromatic nitrogens is 1. The van der Waals surface area contributed by atoms with Gasteiger partial charge in [0.1, 0.15) is 0 Å². The zero-order chi connectivity index (χ0) is 13.8. The molecule has 0 aliphatic rings. The Hall–Kier alpha value is -1.79. The molecule has 5 nitrogen and oxygen atoms in total. The summed E-state index contributed by atoms with van der Waals surface area (Å²) in [6.45, 7) is 4.46. The van der Waals surface area contributed by atoms with Crippen LogP contribution < -0.4 is 5.32 Å². The van der Waals surface area contributed by atoms with Crippen molar-refractivity contribution in [2.24, 2.45) is 0 Å². The highest BCUT2D eigenvalue weighted by molar-refractivity contribution is 7.09. The van der Waals surface area contributed by atoms with E-state index in [1.54, 1.807) is 35.9 Å². The normalized spacial score (nSPS) is 12.3. The zero-order valence-corrected chi connectivity index (χ0v) is 11.6. The van der Waals surface area contributed by atoms with Crippen molar-refractivity contribution in [1.82, 2.24) is 10.3 Å². The maximum atomic E-state index is 10.9. The molecule has 0 saturated heterocycles. The fourth-order valence-corrected chi connectivity index (χ4v) is 2.34. The summed E-state index contributed by atoms with van der Waals surface area (Å²) in [4.78, 5) is 15.7. The SMILES string of the molecule is Cc1ccc(C(C)NCc2cncs2)cc1[N+](=O)[O-]. The molecule has 0 aliphatic heterocycles. The molecule has 0 bridgehead atoms. The highest BCUT2D eigenvalue weighted by Gasteiger charge is 2.14.